The Morgan fingerprint density at radius 3 is 2.41 bits per heavy atom. The van der Waals surface area contributed by atoms with Gasteiger partial charge in [-0.3, -0.25) is 0 Å². The van der Waals surface area contributed by atoms with Gasteiger partial charge in [-0.15, -0.1) is 10.2 Å². The third-order valence-electron chi connectivity index (χ3n) is 4.11. The van der Waals surface area contributed by atoms with Gasteiger partial charge in [0.05, 0.1) is 0 Å². The number of nitrogens with zero attached hydrogens (tertiary/aromatic N) is 2. The maximum absolute atomic E-state index is 11.6. The molecule has 0 spiro atoms. The van der Waals surface area contributed by atoms with Gasteiger partial charge in [-0.25, -0.2) is 4.79 Å². The molecule has 0 bridgehead atoms. The van der Waals surface area contributed by atoms with E-state index in [4.69, 9.17) is 9.15 Å². The molecule has 0 aliphatic carbocycles. The SMILES string of the molecule is C=C(C)C(=O)Oc1ccc(-c2nnc(-c3cccc4ccccc34)o2)cc1. The summed E-state index contributed by atoms with van der Waals surface area (Å²) >= 11 is 0. The highest BCUT2D eigenvalue weighted by Gasteiger charge is 2.13. The van der Waals surface area contributed by atoms with E-state index in [9.17, 15) is 4.79 Å². The van der Waals surface area contributed by atoms with Gasteiger partial charge in [-0.2, -0.15) is 0 Å². The van der Waals surface area contributed by atoms with Crippen LogP contribution in [0.2, 0.25) is 0 Å². The Hall–Kier alpha value is -3.73. The highest BCUT2D eigenvalue weighted by atomic mass is 16.5. The zero-order valence-corrected chi connectivity index (χ0v) is 14.7. The molecule has 5 heteroatoms. The first-order valence-electron chi connectivity index (χ1n) is 8.41. The Labute approximate surface area is 155 Å². The third kappa shape index (κ3) is 3.35. The number of ether oxygens (including phenoxy) is 1. The van der Waals surface area contributed by atoms with E-state index in [0.29, 0.717) is 23.1 Å². The van der Waals surface area contributed by atoms with Crippen molar-refractivity contribution in [1.29, 1.82) is 0 Å². The van der Waals surface area contributed by atoms with E-state index < -0.39 is 5.97 Å². The lowest BCUT2D eigenvalue weighted by Crippen LogP contribution is -2.07. The number of rotatable bonds is 4. The van der Waals surface area contributed by atoms with E-state index >= 15 is 0 Å². The Kier molecular flexibility index (Phi) is 4.26. The molecule has 1 heterocycles. The highest BCUT2D eigenvalue weighted by Crippen LogP contribution is 2.30. The van der Waals surface area contributed by atoms with Crippen molar-refractivity contribution in [2.75, 3.05) is 0 Å². The minimum Gasteiger partial charge on any atom is -0.423 e. The second-order valence-electron chi connectivity index (χ2n) is 6.13. The number of fused-ring (bicyclic) bond motifs is 1. The van der Waals surface area contributed by atoms with E-state index in [2.05, 4.69) is 16.8 Å². The number of carbonyl (C=O) groups is 1. The molecule has 132 valence electrons. The van der Waals surface area contributed by atoms with Gasteiger partial charge in [0.2, 0.25) is 11.8 Å². The number of hydrogen-bond acceptors (Lipinski definition) is 5. The summed E-state index contributed by atoms with van der Waals surface area (Å²) in [5.74, 6) is 0.828. The fourth-order valence-electron chi connectivity index (χ4n) is 2.72. The second kappa shape index (κ2) is 6.88. The number of hydrogen-bond donors (Lipinski definition) is 0. The van der Waals surface area contributed by atoms with Crippen LogP contribution in [0.25, 0.3) is 33.7 Å². The van der Waals surface area contributed by atoms with Crippen molar-refractivity contribution in [3.8, 4) is 28.7 Å². The van der Waals surface area contributed by atoms with E-state index in [0.717, 1.165) is 21.9 Å². The first-order chi connectivity index (χ1) is 13.1. The van der Waals surface area contributed by atoms with Gasteiger partial charge in [0.15, 0.2) is 0 Å². The van der Waals surface area contributed by atoms with E-state index in [1.807, 2.05) is 42.5 Å². The number of esters is 1. The number of carbonyl (C=O) groups excluding carboxylic acids is 1. The minimum absolute atomic E-state index is 0.343. The summed E-state index contributed by atoms with van der Waals surface area (Å²) in [6, 6.07) is 20.9. The van der Waals surface area contributed by atoms with Crippen LogP contribution in [0.4, 0.5) is 0 Å². The fraction of sp³-hybridized carbons (Fsp3) is 0.0455. The molecule has 3 aromatic carbocycles. The molecule has 1 aromatic heterocycles. The van der Waals surface area contributed by atoms with Crippen LogP contribution in [0, 0.1) is 0 Å². The third-order valence-corrected chi connectivity index (χ3v) is 4.11. The molecule has 0 unspecified atom stereocenters. The summed E-state index contributed by atoms with van der Waals surface area (Å²) < 4.78 is 11.1. The Bertz CT molecular complexity index is 1140. The van der Waals surface area contributed by atoms with Crippen molar-refractivity contribution in [2.24, 2.45) is 0 Å². The molecule has 0 radical (unpaired) electrons. The smallest absolute Gasteiger partial charge is 0.338 e. The van der Waals surface area contributed by atoms with Gasteiger partial charge in [0.25, 0.3) is 0 Å². The molecular formula is C22H16N2O3. The zero-order chi connectivity index (χ0) is 18.8. The topological polar surface area (TPSA) is 65.2 Å². The minimum atomic E-state index is -0.459. The highest BCUT2D eigenvalue weighted by molar-refractivity contribution is 5.94. The summed E-state index contributed by atoms with van der Waals surface area (Å²) in [4.78, 5) is 11.6. The molecule has 0 aliphatic heterocycles. The summed E-state index contributed by atoms with van der Waals surface area (Å²) in [6.45, 7) is 5.16. The molecule has 0 saturated carbocycles. The van der Waals surface area contributed by atoms with Crippen LogP contribution in [0.1, 0.15) is 6.92 Å². The van der Waals surface area contributed by atoms with Crippen molar-refractivity contribution in [3.05, 3.63) is 78.9 Å². The first kappa shape index (κ1) is 16.7. The zero-order valence-electron chi connectivity index (χ0n) is 14.7. The largest absolute Gasteiger partial charge is 0.423 e. The standard InChI is InChI=1S/C22H16N2O3/c1-14(2)22(25)26-17-12-10-16(11-13-17)20-23-24-21(27-20)19-9-5-7-15-6-3-4-8-18(15)19/h3-13H,1H2,2H3. The molecule has 0 aliphatic rings. The first-order valence-corrected chi connectivity index (χ1v) is 8.41. The predicted octanol–water partition coefficient (Wildman–Crippen LogP) is 5.04. The van der Waals surface area contributed by atoms with Gasteiger partial charge < -0.3 is 9.15 Å². The van der Waals surface area contributed by atoms with Crippen LogP contribution < -0.4 is 4.74 Å². The monoisotopic (exact) mass is 356 g/mol. The van der Waals surface area contributed by atoms with Crippen LogP contribution in [0.5, 0.6) is 5.75 Å². The maximum atomic E-state index is 11.6. The van der Waals surface area contributed by atoms with E-state index in [1.54, 1.807) is 31.2 Å². The Morgan fingerprint density at radius 1 is 0.926 bits per heavy atom. The summed E-state index contributed by atoms with van der Waals surface area (Å²) in [6.07, 6.45) is 0. The average molecular weight is 356 g/mol. The molecule has 27 heavy (non-hydrogen) atoms. The van der Waals surface area contributed by atoms with Crippen LogP contribution >= 0.6 is 0 Å². The maximum Gasteiger partial charge on any atom is 0.338 e. The van der Waals surface area contributed by atoms with Gasteiger partial charge in [0, 0.05) is 16.7 Å². The predicted molar refractivity (Wildman–Crippen MR) is 103 cm³/mol. The lowest BCUT2D eigenvalue weighted by Gasteiger charge is -2.04. The van der Waals surface area contributed by atoms with E-state index in [1.165, 1.54) is 0 Å². The van der Waals surface area contributed by atoms with Crippen molar-refractivity contribution < 1.29 is 13.9 Å². The van der Waals surface area contributed by atoms with Gasteiger partial charge >= 0.3 is 5.97 Å². The van der Waals surface area contributed by atoms with E-state index in [-0.39, 0.29) is 0 Å². The second-order valence-corrected chi connectivity index (χ2v) is 6.13. The Balaban J connectivity index is 1.63. The fourth-order valence-corrected chi connectivity index (χ4v) is 2.72. The van der Waals surface area contributed by atoms with Crippen LogP contribution in [-0.4, -0.2) is 16.2 Å². The van der Waals surface area contributed by atoms with Crippen molar-refractivity contribution in [2.45, 2.75) is 6.92 Å². The number of benzene rings is 3. The molecule has 0 atom stereocenters. The molecular weight excluding hydrogens is 340 g/mol. The lowest BCUT2D eigenvalue weighted by atomic mass is 10.0. The summed E-state index contributed by atoms with van der Waals surface area (Å²) in [7, 11) is 0. The molecule has 4 aromatic rings. The quantitative estimate of drug-likeness (QED) is 0.291. The lowest BCUT2D eigenvalue weighted by molar-refractivity contribution is -0.130. The Morgan fingerprint density at radius 2 is 1.63 bits per heavy atom. The van der Waals surface area contributed by atoms with Crippen LogP contribution in [-0.2, 0) is 4.79 Å². The van der Waals surface area contributed by atoms with Crippen molar-refractivity contribution in [3.63, 3.8) is 0 Å². The molecule has 0 fully saturated rings. The summed E-state index contributed by atoms with van der Waals surface area (Å²) in [5, 5.41) is 10.5. The number of aromatic nitrogens is 2. The average Bonchev–Trinajstić information content (AvgIpc) is 3.18. The van der Waals surface area contributed by atoms with Crippen molar-refractivity contribution in [1.82, 2.24) is 10.2 Å². The molecule has 0 N–H and O–H groups in total. The van der Waals surface area contributed by atoms with Crippen LogP contribution in [0.15, 0.2) is 83.3 Å². The normalized spacial score (nSPS) is 10.7. The van der Waals surface area contributed by atoms with Crippen LogP contribution in [0.3, 0.4) is 0 Å². The molecule has 5 nitrogen and oxygen atoms in total. The summed E-state index contributed by atoms with van der Waals surface area (Å²) in [5.41, 5.74) is 1.97. The molecule has 0 saturated heterocycles. The van der Waals surface area contributed by atoms with Gasteiger partial charge in [-0.1, -0.05) is 43.0 Å². The van der Waals surface area contributed by atoms with Crippen molar-refractivity contribution >= 4 is 16.7 Å². The molecule has 4 rings (SSSR count). The van der Waals surface area contributed by atoms with Gasteiger partial charge in [0.1, 0.15) is 5.75 Å². The molecule has 0 amide bonds. The van der Waals surface area contributed by atoms with Gasteiger partial charge in [-0.05, 0) is 48.0 Å².